The van der Waals surface area contributed by atoms with Crippen LogP contribution in [0.5, 0.6) is 0 Å². The molecule has 0 spiro atoms. The summed E-state index contributed by atoms with van der Waals surface area (Å²) in [5.74, 6) is 0.987. The zero-order valence-corrected chi connectivity index (χ0v) is 14.5. The molecule has 0 fully saturated rings. The molecule has 3 rings (SSSR count). The molecule has 1 aliphatic heterocycles. The average Bonchev–Trinajstić information content (AvgIpc) is 2.98. The van der Waals surface area contributed by atoms with E-state index in [9.17, 15) is 18.0 Å². The van der Waals surface area contributed by atoms with E-state index < -0.39 is 11.9 Å². The minimum atomic E-state index is -4.43. The molecule has 0 saturated carbocycles. The molecule has 2 aromatic heterocycles. The van der Waals surface area contributed by atoms with Crippen LogP contribution in [0.25, 0.3) is 0 Å². The van der Waals surface area contributed by atoms with Crippen molar-refractivity contribution in [1.82, 2.24) is 19.4 Å². The predicted molar refractivity (Wildman–Crippen MR) is 89.7 cm³/mol. The van der Waals surface area contributed by atoms with Gasteiger partial charge in [-0.15, -0.1) is 0 Å². The van der Waals surface area contributed by atoms with Crippen molar-refractivity contribution in [3.63, 3.8) is 0 Å². The van der Waals surface area contributed by atoms with E-state index in [0.29, 0.717) is 37.6 Å². The fraction of sp³-hybridized carbons (Fsp3) is 0.471. The molecule has 3 heterocycles. The molecule has 6 nitrogen and oxygen atoms in total. The van der Waals surface area contributed by atoms with Crippen molar-refractivity contribution in [3.05, 3.63) is 41.6 Å². The molecule has 2 aromatic rings. The second-order valence-electron chi connectivity index (χ2n) is 6.57. The molecule has 1 unspecified atom stereocenters. The number of nitrogens with zero attached hydrogens (tertiary/aromatic N) is 4. The van der Waals surface area contributed by atoms with Crippen LogP contribution in [0.4, 0.5) is 23.8 Å². The summed E-state index contributed by atoms with van der Waals surface area (Å²) < 4.78 is 39.9. The van der Waals surface area contributed by atoms with Crippen molar-refractivity contribution in [2.24, 2.45) is 5.92 Å². The summed E-state index contributed by atoms with van der Waals surface area (Å²) in [6.45, 7) is 2.69. The number of pyridine rings is 1. The van der Waals surface area contributed by atoms with Crippen LogP contribution in [0, 0.1) is 12.8 Å². The maximum atomic E-state index is 12.8. The van der Waals surface area contributed by atoms with E-state index in [-0.39, 0.29) is 11.9 Å². The summed E-state index contributed by atoms with van der Waals surface area (Å²) in [6.07, 6.45) is -2.22. The molecule has 26 heavy (non-hydrogen) atoms. The lowest BCUT2D eigenvalue weighted by Crippen LogP contribution is -2.38. The Kier molecular flexibility index (Phi) is 4.88. The third-order valence-corrected chi connectivity index (χ3v) is 4.38. The number of hydrogen-bond donors (Lipinski definition) is 1. The lowest BCUT2D eigenvalue weighted by atomic mass is 9.99. The van der Waals surface area contributed by atoms with Crippen LogP contribution >= 0.6 is 0 Å². The van der Waals surface area contributed by atoms with Crippen molar-refractivity contribution in [2.75, 3.05) is 18.9 Å². The maximum absolute atomic E-state index is 12.8. The maximum Gasteiger partial charge on any atom is 0.434 e. The van der Waals surface area contributed by atoms with Gasteiger partial charge in [-0.3, -0.25) is 5.32 Å². The summed E-state index contributed by atoms with van der Waals surface area (Å²) in [6, 6.07) is 5.04. The van der Waals surface area contributed by atoms with Crippen molar-refractivity contribution >= 4 is 11.8 Å². The smallest absolute Gasteiger partial charge is 0.334 e. The summed E-state index contributed by atoms with van der Waals surface area (Å²) in [4.78, 5) is 21.7. The zero-order valence-electron chi connectivity index (χ0n) is 14.5. The molecule has 140 valence electrons. The number of imidazole rings is 1. The molecule has 9 heteroatoms. The molecule has 1 aliphatic rings. The highest BCUT2D eigenvalue weighted by Gasteiger charge is 2.36. The van der Waals surface area contributed by atoms with E-state index in [1.807, 2.05) is 13.0 Å². The van der Waals surface area contributed by atoms with Gasteiger partial charge < -0.3 is 9.47 Å². The lowest BCUT2D eigenvalue weighted by Gasteiger charge is -2.28. The Bertz CT molecular complexity index is 802. The SMILES string of the molecule is Cc1cccc(NC(=O)N(C)CC2CCc3nc(C(F)(F)F)cn3C2)n1. The number of alkyl halides is 3. The van der Waals surface area contributed by atoms with Gasteiger partial charge >= 0.3 is 12.2 Å². The number of aryl methyl sites for hydroxylation is 2. The van der Waals surface area contributed by atoms with Crippen molar-refractivity contribution < 1.29 is 18.0 Å². The Hall–Kier alpha value is -2.58. The number of aromatic nitrogens is 3. The van der Waals surface area contributed by atoms with Gasteiger partial charge in [0.1, 0.15) is 11.6 Å². The number of carbonyl (C=O) groups excluding carboxylic acids is 1. The number of fused-ring (bicyclic) bond motifs is 1. The first-order valence-corrected chi connectivity index (χ1v) is 8.31. The Morgan fingerprint density at radius 3 is 2.85 bits per heavy atom. The van der Waals surface area contributed by atoms with E-state index in [0.717, 1.165) is 11.9 Å². The summed E-state index contributed by atoms with van der Waals surface area (Å²) in [5.41, 5.74) is -0.0596. The number of amides is 2. The van der Waals surface area contributed by atoms with Crippen LogP contribution in [-0.2, 0) is 19.1 Å². The number of nitrogens with one attached hydrogen (secondary N) is 1. The van der Waals surface area contributed by atoms with Gasteiger partial charge in [-0.1, -0.05) is 6.07 Å². The largest absolute Gasteiger partial charge is 0.434 e. The van der Waals surface area contributed by atoms with Gasteiger partial charge in [0, 0.05) is 38.4 Å². The van der Waals surface area contributed by atoms with Crippen LogP contribution in [0.15, 0.2) is 24.4 Å². The van der Waals surface area contributed by atoms with Gasteiger partial charge in [0.25, 0.3) is 0 Å². The Morgan fingerprint density at radius 2 is 2.15 bits per heavy atom. The number of halogens is 3. The quantitative estimate of drug-likeness (QED) is 0.905. The summed E-state index contributed by atoms with van der Waals surface area (Å²) >= 11 is 0. The zero-order chi connectivity index (χ0) is 18.9. The normalized spacial score (nSPS) is 16.9. The fourth-order valence-corrected chi connectivity index (χ4v) is 3.09. The summed E-state index contributed by atoms with van der Waals surface area (Å²) in [7, 11) is 1.66. The monoisotopic (exact) mass is 367 g/mol. The fourth-order valence-electron chi connectivity index (χ4n) is 3.09. The van der Waals surface area contributed by atoms with E-state index in [1.165, 1.54) is 4.90 Å². The molecule has 0 radical (unpaired) electrons. The molecule has 2 amide bonds. The predicted octanol–water partition coefficient (Wildman–Crippen LogP) is 3.33. The molecule has 1 N–H and O–H groups in total. The van der Waals surface area contributed by atoms with Crippen LogP contribution in [0.1, 0.15) is 23.6 Å². The van der Waals surface area contributed by atoms with E-state index >= 15 is 0 Å². The van der Waals surface area contributed by atoms with Gasteiger partial charge in [0.15, 0.2) is 5.69 Å². The van der Waals surface area contributed by atoms with Gasteiger partial charge in [0.05, 0.1) is 0 Å². The van der Waals surface area contributed by atoms with Crippen LogP contribution in [0.2, 0.25) is 0 Å². The Morgan fingerprint density at radius 1 is 1.38 bits per heavy atom. The number of carbonyl (C=O) groups is 1. The number of hydrogen-bond acceptors (Lipinski definition) is 3. The van der Waals surface area contributed by atoms with Gasteiger partial charge in [-0.05, 0) is 31.4 Å². The van der Waals surface area contributed by atoms with Crippen LogP contribution in [0.3, 0.4) is 0 Å². The Balaban J connectivity index is 1.59. The first kappa shape index (κ1) is 18.2. The molecular weight excluding hydrogens is 347 g/mol. The van der Waals surface area contributed by atoms with Gasteiger partial charge in [-0.25, -0.2) is 14.8 Å². The second kappa shape index (κ2) is 6.97. The summed E-state index contributed by atoms with van der Waals surface area (Å²) in [5, 5.41) is 2.72. The van der Waals surface area contributed by atoms with Crippen LogP contribution < -0.4 is 5.32 Å². The molecule has 0 aromatic carbocycles. The third-order valence-electron chi connectivity index (χ3n) is 4.38. The number of anilines is 1. The highest BCUT2D eigenvalue weighted by molar-refractivity contribution is 5.88. The highest BCUT2D eigenvalue weighted by atomic mass is 19.4. The molecule has 0 bridgehead atoms. The first-order valence-electron chi connectivity index (χ1n) is 8.31. The lowest BCUT2D eigenvalue weighted by molar-refractivity contribution is -0.141. The molecule has 1 atom stereocenters. The van der Waals surface area contributed by atoms with Gasteiger partial charge in [-0.2, -0.15) is 13.2 Å². The topological polar surface area (TPSA) is 63.1 Å². The minimum Gasteiger partial charge on any atom is -0.334 e. The molecule has 0 saturated heterocycles. The second-order valence-corrected chi connectivity index (χ2v) is 6.57. The minimum absolute atomic E-state index is 0.0685. The standard InChI is InChI=1S/C17H20F3N5O/c1-11-4-3-5-14(21-11)23-16(26)24(2)8-12-6-7-15-22-13(17(18,19)20)10-25(15)9-12/h3-5,10,12H,6-9H2,1-2H3,(H,21,23,26). The Labute approximate surface area is 149 Å². The molecular formula is C17H20F3N5O. The average molecular weight is 367 g/mol. The van der Waals surface area contributed by atoms with E-state index in [1.54, 1.807) is 23.7 Å². The first-order chi connectivity index (χ1) is 12.2. The highest BCUT2D eigenvalue weighted by Crippen LogP contribution is 2.30. The molecule has 0 aliphatic carbocycles. The van der Waals surface area contributed by atoms with Crippen molar-refractivity contribution in [3.8, 4) is 0 Å². The van der Waals surface area contributed by atoms with E-state index in [4.69, 9.17) is 0 Å². The van der Waals surface area contributed by atoms with E-state index in [2.05, 4.69) is 15.3 Å². The van der Waals surface area contributed by atoms with Crippen molar-refractivity contribution in [2.45, 2.75) is 32.5 Å². The van der Waals surface area contributed by atoms with Gasteiger partial charge in [0.2, 0.25) is 0 Å². The third kappa shape index (κ3) is 4.14. The van der Waals surface area contributed by atoms with Crippen LogP contribution in [-0.4, -0.2) is 39.1 Å². The number of urea groups is 1. The number of rotatable bonds is 3. The van der Waals surface area contributed by atoms with Crippen molar-refractivity contribution in [1.29, 1.82) is 0 Å².